The number of esters is 1. The van der Waals surface area contributed by atoms with Crippen LogP contribution in [0.15, 0.2) is 104 Å². The number of aromatic nitrogens is 2. The second-order valence-corrected chi connectivity index (χ2v) is 8.51. The normalized spacial score (nSPS) is 10.9. The molecular formula is C30H26N3O3+. The van der Waals surface area contributed by atoms with Gasteiger partial charge >= 0.3 is 5.97 Å². The average Bonchev–Trinajstić information content (AvgIpc) is 2.91. The molecule has 5 aromatic rings. The summed E-state index contributed by atoms with van der Waals surface area (Å²) in [5.74, 6) is 0.260. The van der Waals surface area contributed by atoms with Gasteiger partial charge in [-0.15, -0.1) is 0 Å². The Balaban J connectivity index is 1.26. The molecule has 6 heteroatoms. The van der Waals surface area contributed by atoms with Gasteiger partial charge in [0.2, 0.25) is 5.52 Å². The van der Waals surface area contributed by atoms with Gasteiger partial charge in [-0.2, -0.15) is 4.57 Å². The summed E-state index contributed by atoms with van der Waals surface area (Å²) in [7, 11) is 0. The number of benzene rings is 3. The van der Waals surface area contributed by atoms with E-state index in [1.807, 2.05) is 89.6 Å². The van der Waals surface area contributed by atoms with Gasteiger partial charge in [-0.25, -0.2) is 4.98 Å². The lowest BCUT2D eigenvalue weighted by atomic mass is 10.0. The van der Waals surface area contributed by atoms with Gasteiger partial charge in [0.25, 0.3) is 6.73 Å². The van der Waals surface area contributed by atoms with Gasteiger partial charge in [0.1, 0.15) is 17.9 Å². The molecule has 0 spiro atoms. The number of nitrogens with zero attached hydrogens (tertiary/aromatic N) is 2. The summed E-state index contributed by atoms with van der Waals surface area (Å²) in [6.45, 7) is 4.58. The first-order valence-electron chi connectivity index (χ1n) is 11.6. The van der Waals surface area contributed by atoms with E-state index in [1.165, 1.54) is 0 Å². The summed E-state index contributed by atoms with van der Waals surface area (Å²) in [4.78, 5) is 17.3. The highest BCUT2D eigenvalue weighted by atomic mass is 16.5. The van der Waals surface area contributed by atoms with E-state index in [4.69, 9.17) is 15.2 Å². The molecule has 0 aliphatic rings. The topological polar surface area (TPSA) is 78.3 Å². The second kappa shape index (κ2) is 10.3. The Labute approximate surface area is 209 Å². The molecule has 5 rings (SSSR count). The van der Waals surface area contributed by atoms with Crippen LogP contribution in [0.25, 0.3) is 27.4 Å². The van der Waals surface area contributed by atoms with Gasteiger partial charge < -0.3 is 15.2 Å². The van der Waals surface area contributed by atoms with Crippen LogP contribution in [-0.2, 0) is 22.9 Å². The van der Waals surface area contributed by atoms with Crippen molar-refractivity contribution in [3.8, 4) is 5.75 Å². The molecule has 0 saturated carbocycles. The Bertz CT molecular complexity index is 1560. The first kappa shape index (κ1) is 23.1. The Kier molecular flexibility index (Phi) is 6.58. The maximum absolute atomic E-state index is 12.7. The van der Waals surface area contributed by atoms with Gasteiger partial charge in [-0.3, -0.25) is 4.79 Å². The first-order valence-corrected chi connectivity index (χ1v) is 11.6. The van der Waals surface area contributed by atoms with Crippen LogP contribution in [0.2, 0.25) is 0 Å². The fraction of sp³-hybridized carbons (Fsp3) is 0.100. The van der Waals surface area contributed by atoms with Crippen LogP contribution in [-0.4, -0.2) is 11.0 Å². The number of fused-ring (bicyclic) bond motifs is 3. The lowest BCUT2D eigenvalue weighted by Crippen LogP contribution is -2.36. The van der Waals surface area contributed by atoms with Crippen LogP contribution in [0.5, 0.6) is 5.75 Å². The van der Waals surface area contributed by atoms with E-state index in [9.17, 15) is 4.79 Å². The summed E-state index contributed by atoms with van der Waals surface area (Å²) < 4.78 is 13.4. The van der Waals surface area contributed by atoms with E-state index in [0.717, 1.165) is 27.4 Å². The first-order chi connectivity index (χ1) is 17.6. The number of pyridine rings is 2. The van der Waals surface area contributed by atoms with Crippen molar-refractivity contribution in [3.63, 3.8) is 0 Å². The molecule has 6 nitrogen and oxygen atoms in total. The molecule has 0 amide bonds. The monoisotopic (exact) mass is 476 g/mol. The fourth-order valence-electron chi connectivity index (χ4n) is 4.15. The molecule has 0 unspecified atom stereocenters. The summed E-state index contributed by atoms with van der Waals surface area (Å²) in [5.41, 5.74) is 10.8. The number of hydrogen-bond acceptors (Lipinski definition) is 5. The van der Waals surface area contributed by atoms with E-state index < -0.39 is 5.97 Å². The molecule has 0 radical (unpaired) electrons. The fourth-order valence-corrected chi connectivity index (χ4v) is 4.15. The number of carbonyl (C=O) groups is 1. The number of ether oxygens (including phenoxy) is 2. The molecule has 2 aromatic heterocycles. The molecule has 3 aromatic carbocycles. The van der Waals surface area contributed by atoms with Crippen molar-refractivity contribution in [3.05, 3.63) is 115 Å². The van der Waals surface area contributed by atoms with Crippen molar-refractivity contribution in [2.75, 3.05) is 5.73 Å². The largest absolute Gasteiger partial charge is 0.489 e. The second-order valence-electron chi connectivity index (χ2n) is 8.51. The molecule has 0 fully saturated rings. The highest BCUT2D eigenvalue weighted by molar-refractivity contribution is 6.00. The molecular weight excluding hydrogens is 450 g/mol. The number of rotatable bonds is 8. The van der Waals surface area contributed by atoms with E-state index in [2.05, 4.69) is 11.6 Å². The van der Waals surface area contributed by atoms with Crippen LogP contribution >= 0.6 is 0 Å². The minimum atomic E-state index is -0.396. The minimum Gasteiger partial charge on any atom is -0.489 e. The molecule has 2 N–H and O–H groups in total. The van der Waals surface area contributed by atoms with Crippen molar-refractivity contribution < 1.29 is 18.8 Å². The maximum atomic E-state index is 12.7. The number of nitrogen functional groups attached to an aromatic ring is 1. The van der Waals surface area contributed by atoms with Crippen molar-refractivity contribution in [1.82, 2.24) is 4.98 Å². The molecule has 0 saturated heterocycles. The predicted molar refractivity (Wildman–Crippen MR) is 141 cm³/mol. The van der Waals surface area contributed by atoms with Crippen LogP contribution in [0.4, 0.5) is 5.69 Å². The zero-order valence-corrected chi connectivity index (χ0v) is 19.8. The molecule has 178 valence electrons. The number of anilines is 1. The third kappa shape index (κ3) is 5.03. The van der Waals surface area contributed by atoms with Gasteiger partial charge in [0, 0.05) is 34.3 Å². The van der Waals surface area contributed by atoms with Gasteiger partial charge in [-0.05, 0) is 47.5 Å². The van der Waals surface area contributed by atoms with Gasteiger partial charge in [0.15, 0.2) is 6.20 Å². The zero-order valence-electron chi connectivity index (χ0n) is 19.8. The maximum Gasteiger partial charge on any atom is 0.315 e. The quantitative estimate of drug-likeness (QED) is 0.140. The van der Waals surface area contributed by atoms with Crippen LogP contribution in [0, 0.1) is 0 Å². The Morgan fingerprint density at radius 2 is 1.75 bits per heavy atom. The summed E-state index contributed by atoms with van der Waals surface area (Å²) in [6.07, 6.45) is 3.65. The standard InChI is InChI=1S/C30H26N3O3/c1-21(26-18-25(13-14-27(26)31)35-19-22-7-3-2-4-8-22)17-28(34)36-20-33-16-6-10-24-12-11-23-9-5-15-32-29(23)30(24)33/h2-16,18H,1,17,19-20,31H2/q+1. The van der Waals surface area contributed by atoms with Crippen molar-refractivity contribution in [1.29, 1.82) is 0 Å². The average molecular weight is 477 g/mol. The molecule has 2 heterocycles. The summed E-state index contributed by atoms with van der Waals surface area (Å²) >= 11 is 0. The van der Waals surface area contributed by atoms with Gasteiger partial charge in [-0.1, -0.05) is 49.0 Å². The lowest BCUT2D eigenvalue weighted by molar-refractivity contribution is -0.703. The lowest BCUT2D eigenvalue weighted by Gasteiger charge is -2.12. The van der Waals surface area contributed by atoms with E-state index in [0.29, 0.717) is 29.2 Å². The highest BCUT2D eigenvalue weighted by Crippen LogP contribution is 2.28. The van der Waals surface area contributed by atoms with Crippen LogP contribution < -0.4 is 15.0 Å². The van der Waals surface area contributed by atoms with Crippen molar-refractivity contribution in [2.24, 2.45) is 0 Å². The van der Waals surface area contributed by atoms with E-state index >= 15 is 0 Å². The SMILES string of the molecule is C=C(CC(=O)OC[n+]1cccc2ccc3cccnc3c21)c1cc(OCc2ccccc2)ccc1N. The number of nitrogens with two attached hydrogens (primary N) is 1. The Hall–Kier alpha value is -4.71. The Morgan fingerprint density at radius 1 is 0.944 bits per heavy atom. The summed E-state index contributed by atoms with van der Waals surface area (Å²) in [6, 6.07) is 27.2. The van der Waals surface area contributed by atoms with Crippen molar-refractivity contribution >= 4 is 39.0 Å². The molecule has 0 aliphatic heterocycles. The van der Waals surface area contributed by atoms with Gasteiger partial charge in [0.05, 0.1) is 6.42 Å². The summed E-state index contributed by atoms with van der Waals surface area (Å²) in [5, 5.41) is 2.04. The Morgan fingerprint density at radius 3 is 2.61 bits per heavy atom. The zero-order chi connectivity index (χ0) is 24.9. The predicted octanol–water partition coefficient (Wildman–Crippen LogP) is 5.44. The molecule has 0 aliphatic carbocycles. The number of carbonyl (C=O) groups excluding carboxylic acids is 1. The molecule has 36 heavy (non-hydrogen) atoms. The van der Waals surface area contributed by atoms with Crippen LogP contribution in [0.3, 0.4) is 0 Å². The smallest absolute Gasteiger partial charge is 0.315 e. The third-order valence-corrected chi connectivity index (χ3v) is 5.98. The van der Waals surface area contributed by atoms with E-state index in [1.54, 1.807) is 12.3 Å². The molecule has 0 bridgehead atoms. The third-order valence-electron chi connectivity index (χ3n) is 5.98. The minimum absolute atomic E-state index is 0.0106. The van der Waals surface area contributed by atoms with Crippen LogP contribution in [0.1, 0.15) is 17.5 Å². The number of hydrogen-bond donors (Lipinski definition) is 1. The highest BCUT2D eigenvalue weighted by Gasteiger charge is 2.17. The van der Waals surface area contributed by atoms with Crippen molar-refractivity contribution in [2.45, 2.75) is 19.8 Å². The van der Waals surface area contributed by atoms with E-state index in [-0.39, 0.29) is 13.2 Å². The molecule has 0 atom stereocenters.